The summed E-state index contributed by atoms with van der Waals surface area (Å²) < 4.78 is 21.3. The Morgan fingerprint density at radius 3 is 2.36 bits per heavy atom. The maximum Gasteiger partial charge on any atom is 0.334 e. The van der Waals surface area contributed by atoms with Crippen LogP contribution in [0.1, 0.15) is 6.42 Å². The van der Waals surface area contributed by atoms with E-state index in [4.69, 9.17) is 18.3 Å². The first-order valence-corrected chi connectivity index (χ1v) is 7.52. The van der Waals surface area contributed by atoms with Crippen molar-refractivity contribution in [2.45, 2.75) is 25.1 Å². The van der Waals surface area contributed by atoms with Gasteiger partial charge in [0.1, 0.15) is 6.10 Å². The molecule has 0 amide bonds. The van der Waals surface area contributed by atoms with E-state index in [2.05, 4.69) is 6.55 Å². The summed E-state index contributed by atoms with van der Waals surface area (Å²) in [5.74, 6) is 0. The number of ether oxygens (including phenoxy) is 2. The van der Waals surface area contributed by atoms with Crippen molar-refractivity contribution in [3.8, 4) is 0 Å². The molecule has 0 N–H and O–H groups in total. The van der Waals surface area contributed by atoms with Gasteiger partial charge in [0.25, 0.3) is 0 Å². The third-order valence-corrected chi connectivity index (χ3v) is 5.59. The molecule has 0 unspecified atom stereocenters. The lowest BCUT2D eigenvalue weighted by atomic mass is 10.3. The van der Waals surface area contributed by atoms with Gasteiger partial charge < -0.3 is 18.3 Å². The molecule has 0 aromatic carbocycles. The maximum absolute atomic E-state index is 5.55. The Balaban J connectivity index is 2.01. The van der Waals surface area contributed by atoms with Crippen LogP contribution in [0.25, 0.3) is 0 Å². The van der Waals surface area contributed by atoms with E-state index in [0.717, 1.165) is 32.3 Å². The molecule has 1 fully saturated rings. The average Bonchev–Trinajstić information content (AvgIpc) is 2.14. The van der Waals surface area contributed by atoms with E-state index >= 15 is 0 Å². The van der Waals surface area contributed by atoms with E-state index in [-0.39, 0.29) is 0 Å². The van der Waals surface area contributed by atoms with Gasteiger partial charge in [0, 0.05) is 20.8 Å². The number of hydrogen-bond acceptors (Lipinski definition) is 4. The summed E-state index contributed by atoms with van der Waals surface area (Å²) in [6.45, 7) is 4.36. The van der Waals surface area contributed by atoms with Crippen molar-refractivity contribution < 1.29 is 18.3 Å². The van der Waals surface area contributed by atoms with Gasteiger partial charge in [-0.2, -0.15) is 0 Å². The number of hydrogen-bond donors (Lipinski definition) is 0. The van der Waals surface area contributed by atoms with Crippen molar-refractivity contribution in [2.75, 3.05) is 34.0 Å². The van der Waals surface area contributed by atoms with E-state index in [1.165, 1.54) is 0 Å². The fourth-order valence-electron chi connectivity index (χ4n) is 1.24. The number of rotatable bonds is 7. The van der Waals surface area contributed by atoms with Crippen LogP contribution < -0.4 is 0 Å². The summed E-state index contributed by atoms with van der Waals surface area (Å²) in [6, 6.07) is 0.980. The molecule has 1 heterocycles. The van der Waals surface area contributed by atoms with Crippen LogP contribution in [0.15, 0.2) is 0 Å². The molecule has 1 rings (SSSR count). The quantitative estimate of drug-likeness (QED) is 0.476. The molecule has 5 heteroatoms. The van der Waals surface area contributed by atoms with Gasteiger partial charge in [-0.3, -0.25) is 0 Å². The summed E-state index contributed by atoms with van der Waals surface area (Å²) in [4.78, 5) is 0. The van der Waals surface area contributed by atoms with E-state index in [0.29, 0.717) is 6.10 Å². The standard InChI is InChI=1S/C9H20O4Si/c1-10-14(3,11-2)6-4-5-13-9-7-12-8-9/h9H,4-8H2,1-3H3. The molecule has 0 spiro atoms. The van der Waals surface area contributed by atoms with Crippen LogP contribution in [0.2, 0.25) is 12.6 Å². The molecule has 0 saturated carbocycles. The molecule has 0 aliphatic carbocycles. The molecule has 1 saturated heterocycles. The summed E-state index contributed by atoms with van der Waals surface area (Å²) in [5, 5.41) is 0. The summed E-state index contributed by atoms with van der Waals surface area (Å²) >= 11 is 0. The van der Waals surface area contributed by atoms with Crippen LogP contribution in [0, 0.1) is 0 Å². The minimum Gasteiger partial charge on any atom is -0.398 e. The molecule has 0 bridgehead atoms. The Labute approximate surface area is 86.7 Å². The predicted molar refractivity (Wildman–Crippen MR) is 55.6 cm³/mol. The van der Waals surface area contributed by atoms with Gasteiger partial charge in [-0.15, -0.1) is 0 Å². The van der Waals surface area contributed by atoms with Crippen LogP contribution in [-0.2, 0) is 18.3 Å². The summed E-state index contributed by atoms with van der Waals surface area (Å²) in [6.07, 6.45) is 1.33. The predicted octanol–water partition coefficient (Wildman–Crippen LogP) is 1.16. The zero-order valence-electron chi connectivity index (χ0n) is 9.25. The van der Waals surface area contributed by atoms with E-state index in [1.54, 1.807) is 14.2 Å². The SMILES string of the molecule is CO[Si](C)(CCCOC1COC1)OC. The van der Waals surface area contributed by atoms with Crippen LogP contribution >= 0.6 is 0 Å². The Morgan fingerprint density at radius 1 is 1.29 bits per heavy atom. The van der Waals surface area contributed by atoms with Crippen molar-refractivity contribution in [3.05, 3.63) is 0 Å². The molecular formula is C9H20O4Si. The fourth-order valence-corrected chi connectivity index (χ4v) is 2.60. The largest absolute Gasteiger partial charge is 0.398 e. The monoisotopic (exact) mass is 220 g/mol. The Kier molecular flexibility index (Phi) is 5.04. The van der Waals surface area contributed by atoms with Crippen molar-refractivity contribution >= 4 is 8.56 Å². The molecule has 0 aromatic rings. The second-order valence-electron chi connectivity index (χ2n) is 3.68. The van der Waals surface area contributed by atoms with E-state index < -0.39 is 8.56 Å². The highest BCUT2D eigenvalue weighted by molar-refractivity contribution is 6.65. The summed E-state index contributed by atoms with van der Waals surface area (Å²) in [7, 11) is 1.56. The Hall–Kier alpha value is 0.0569. The second kappa shape index (κ2) is 5.82. The molecule has 84 valence electrons. The third kappa shape index (κ3) is 3.66. The van der Waals surface area contributed by atoms with Crippen molar-refractivity contribution in [1.82, 2.24) is 0 Å². The molecule has 0 atom stereocenters. The molecule has 4 nitrogen and oxygen atoms in total. The molecule has 1 aliphatic rings. The minimum atomic E-state index is -1.87. The van der Waals surface area contributed by atoms with Crippen molar-refractivity contribution in [2.24, 2.45) is 0 Å². The highest BCUT2D eigenvalue weighted by Crippen LogP contribution is 2.14. The highest BCUT2D eigenvalue weighted by atomic mass is 28.4. The van der Waals surface area contributed by atoms with Crippen LogP contribution in [-0.4, -0.2) is 48.7 Å². The normalized spacial score (nSPS) is 18.2. The first-order chi connectivity index (χ1) is 6.70. The van der Waals surface area contributed by atoms with Gasteiger partial charge in [0.15, 0.2) is 0 Å². The van der Waals surface area contributed by atoms with Gasteiger partial charge in [0.05, 0.1) is 13.2 Å². The van der Waals surface area contributed by atoms with Gasteiger partial charge in [-0.1, -0.05) is 0 Å². The van der Waals surface area contributed by atoms with E-state index in [9.17, 15) is 0 Å². The Morgan fingerprint density at radius 2 is 1.93 bits per heavy atom. The second-order valence-corrected chi connectivity index (χ2v) is 7.26. The van der Waals surface area contributed by atoms with Crippen molar-refractivity contribution in [1.29, 1.82) is 0 Å². The highest BCUT2D eigenvalue weighted by Gasteiger charge is 2.28. The summed E-state index contributed by atoms with van der Waals surface area (Å²) in [5.41, 5.74) is 0. The Bertz CT molecular complexity index is 157. The lowest BCUT2D eigenvalue weighted by Crippen LogP contribution is -2.38. The van der Waals surface area contributed by atoms with E-state index in [1.807, 2.05) is 0 Å². The lowest BCUT2D eigenvalue weighted by molar-refractivity contribution is -0.129. The maximum atomic E-state index is 5.55. The first-order valence-electron chi connectivity index (χ1n) is 5.00. The topological polar surface area (TPSA) is 36.9 Å². The van der Waals surface area contributed by atoms with Gasteiger partial charge >= 0.3 is 8.56 Å². The minimum absolute atomic E-state index is 0.327. The van der Waals surface area contributed by atoms with Crippen LogP contribution in [0.5, 0.6) is 0 Å². The first kappa shape index (κ1) is 12.1. The molecule has 14 heavy (non-hydrogen) atoms. The average molecular weight is 220 g/mol. The zero-order chi connectivity index (χ0) is 10.4. The smallest absolute Gasteiger partial charge is 0.334 e. The van der Waals surface area contributed by atoms with Gasteiger partial charge in [-0.25, -0.2) is 0 Å². The van der Waals surface area contributed by atoms with Crippen LogP contribution in [0.4, 0.5) is 0 Å². The molecular weight excluding hydrogens is 200 g/mol. The zero-order valence-corrected chi connectivity index (χ0v) is 10.2. The molecule has 1 aliphatic heterocycles. The van der Waals surface area contributed by atoms with Gasteiger partial charge in [-0.05, 0) is 19.0 Å². The lowest BCUT2D eigenvalue weighted by Gasteiger charge is -2.27. The van der Waals surface area contributed by atoms with Crippen LogP contribution in [0.3, 0.4) is 0 Å². The molecule has 0 radical (unpaired) electrons. The fraction of sp³-hybridized carbons (Fsp3) is 1.00. The molecule has 0 aromatic heterocycles. The van der Waals surface area contributed by atoms with Gasteiger partial charge in [0.2, 0.25) is 0 Å². The van der Waals surface area contributed by atoms with Crippen molar-refractivity contribution in [3.63, 3.8) is 0 Å². The third-order valence-electron chi connectivity index (χ3n) is 2.60.